The third-order valence-corrected chi connectivity index (χ3v) is 2.64. The molecule has 6 heteroatoms. The molecule has 0 spiro atoms. The molecule has 2 heterocycles. The lowest BCUT2D eigenvalue weighted by Crippen LogP contribution is -2.08. The monoisotopic (exact) mass is 210 g/mol. The molecular weight excluding hydrogens is 200 g/mol. The van der Waals surface area contributed by atoms with E-state index in [1.165, 1.54) is 0 Å². The fraction of sp³-hybridized carbons (Fsp3) is 0.250. The summed E-state index contributed by atoms with van der Waals surface area (Å²) < 4.78 is 1.91. The van der Waals surface area contributed by atoms with E-state index in [0.29, 0.717) is 13.1 Å². The predicted molar refractivity (Wildman–Crippen MR) is 54.2 cm³/mol. The Morgan fingerprint density at radius 2 is 2.50 bits per heavy atom. The Bertz CT molecular complexity index is 469. The van der Waals surface area contributed by atoms with E-state index in [9.17, 15) is 4.79 Å². The Morgan fingerprint density at radius 1 is 1.64 bits per heavy atom. The van der Waals surface area contributed by atoms with Gasteiger partial charge in [-0.05, 0) is 0 Å². The smallest absolute Gasteiger partial charge is 0.304 e. The zero-order chi connectivity index (χ0) is 9.97. The van der Waals surface area contributed by atoms with Crippen molar-refractivity contribution >= 4 is 11.3 Å². The summed E-state index contributed by atoms with van der Waals surface area (Å²) in [6, 6.07) is 0. The molecule has 2 aromatic heterocycles. The number of nitrogens with zero attached hydrogens (tertiary/aromatic N) is 2. The topological polar surface area (TPSA) is 76.7 Å². The van der Waals surface area contributed by atoms with Crippen LogP contribution in [0.2, 0.25) is 0 Å². The van der Waals surface area contributed by atoms with Crippen LogP contribution in [0.25, 0.3) is 0 Å². The van der Waals surface area contributed by atoms with Gasteiger partial charge in [-0.3, -0.25) is 4.79 Å². The van der Waals surface area contributed by atoms with E-state index < -0.39 is 0 Å². The van der Waals surface area contributed by atoms with E-state index in [0.717, 1.165) is 22.7 Å². The van der Waals surface area contributed by atoms with Crippen molar-refractivity contribution in [3.05, 3.63) is 39.0 Å². The Hall–Kier alpha value is -1.40. The average molecular weight is 210 g/mol. The lowest BCUT2D eigenvalue weighted by Gasteiger charge is -2.03. The van der Waals surface area contributed by atoms with Crippen molar-refractivity contribution in [2.24, 2.45) is 5.73 Å². The number of hydrogen-bond donors (Lipinski definition) is 2. The third-order valence-electron chi connectivity index (χ3n) is 1.92. The minimum absolute atomic E-state index is 0.0330. The third kappa shape index (κ3) is 1.75. The Morgan fingerprint density at radius 3 is 3.14 bits per heavy atom. The molecule has 14 heavy (non-hydrogen) atoms. The van der Waals surface area contributed by atoms with Gasteiger partial charge in [-0.15, -0.1) is 0 Å². The summed E-state index contributed by atoms with van der Waals surface area (Å²) in [6.07, 6.45) is 3.43. The van der Waals surface area contributed by atoms with Gasteiger partial charge >= 0.3 is 4.87 Å². The highest BCUT2D eigenvalue weighted by Gasteiger charge is 2.02. The first-order chi connectivity index (χ1) is 6.79. The molecule has 0 aliphatic rings. The van der Waals surface area contributed by atoms with Gasteiger partial charge in [0, 0.05) is 23.8 Å². The number of nitrogens with one attached hydrogen (secondary N) is 1. The zero-order valence-electron chi connectivity index (χ0n) is 7.43. The highest BCUT2D eigenvalue weighted by atomic mass is 32.1. The summed E-state index contributed by atoms with van der Waals surface area (Å²) in [5.41, 5.74) is 7.36. The van der Waals surface area contributed by atoms with Gasteiger partial charge in [0.1, 0.15) is 0 Å². The average Bonchev–Trinajstić information content (AvgIpc) is 2.76. The first-order valence-corrected chi connectivity index (χ1v) is 5.03. The van der Waals surface area contributed by atoms with Gasteiger partial charge < -0.3 is 15.3 Å². The number of H-pyrrole nitrogens is 1. The summed E-state index contributed by atoms with van der Waals surface area (Å²) in [5.74, 6) is 0. The molecule has 74 valence electrons. The van der Waals surface area contributed by atoms with E-state index in [2.05, 4.69) is 9.97 Å². The molecule has 3 N–H and O–H groups in total. The van der Waals surface area contributed by atoms with Crippen LogP contribution in [0.3, 0.4) is 0 Å². The maximum atomic E-state index is 10.9. The van der Waals surface area contributed by atoms with Crippen molar-refractivity contribution in [3.8, 4) is 0 Å². The molecule has 0 saturated heterocycles. The second-order valence-corrected chi connectivity index (χ2v) is 3.73. The van der Waals surface area contributed by atoms with E-state index >= 15 is 0 Å². The van der Waals surface area contributed by atoms with Crippen LogP contribution >= 0.6 is 11.3 Å². The van der Waals surface area contributed by atoms with Crippen molar-refractivity contribution in [1.82, 2.24) is 14.5 Å². The maximum absolute atomic E-state index is 10.9. The second-order valence-electron chi connectivity index (χ2n) is 2.89. The van der Waals surface area contributed by atoms with Crippen molar-refractivity contribution in [3.63, 3.8) is 0 Å². The van der Waals surface area contributed by atoms with Crippen LogP contribution < -0.4 is 10.6 Å². The molecule has 0 unspecified atom stereocenters. The van der Waals surface area contributed by atoms with Gasteiger partial charge in [0.15, 0.2) is 0 Å². The number of aromatic amines is 1. The SMILES string of the molecule is NCc1cncn1Cc1csc(=O)[nH]1. The van der Waals surface area contributed by atoms with Crippen LogP contribution in [-0.4, -0.2) is 14.5 Å². The van der Waals surface area contributed by atoms with Crippen molar-refractivity contribution in [2.75, 3.05) is 0 Å². The van der Waals surface area contributed by atoms with Gasteiger partial charge in [-0.2, -0.15) is 0 Å². The quantitative estimate of drug-likeness (QED) is 0.756. The van der Waals surface area contributed by atoms with E-state index in [4.69, 9.17) is 5.73 Å². The molecule has 0 aliphatic heterocycles. The standard InChI is InChI=1S/C8H10N4OS/c9-1-7-2-10-5-12(7)3-6-4-14-8(13)11-6/h2,4-5H,1,3,9H2,(H,11,13). The van der Waals surface area contributed by atoms with Gasteiger partial charge in [-0.25, -0.2) is 4.98 Å². The Kier molecular flexibility index (Phi) is 2.47. The van der Waals surface area contributed by atoms with Gasteiger partial charge in [0.05, 0.1) is 18.6 Å². The van der Waals surface area contributed by atoms with Crippen molar-refractivity contribution in [1.29, 1.82) is 0 Å². The minimum Gasteiger partial charge on any atom is -0.327 e. The molecule has 2 rings (SSSR count). The fourth-order valence-corrected chi connectivity index (χ4v) is 1.81. The van der Waals surface area contributed by atoms with E-state index in [-0.39, 0.29) is 4.87 Å². The minimum atomic E-state index is -0.0330. The molecule has 0 aliphatic carbocycles. The summed E-state index contributed by atoms with van der Waals surface area (Å²) in [7, 11) is 0. The summed E-state index contributed by atoms with van der Waals surface area (Å²) in [5, 5.41) is 1.81. The van der Waals surface area contributed by atoms with Crippen LogP contribution in [0.15, 0.2) is 22.7 Å². The van der Waals surface area contributed by atoms with E-state index in [1.807, 2.05) is 9.95 Å². The summed E-state index contributed by atoms with van der Waals surface area (Å²) in [6.45, 7) is 1.07. The van der Waals surface area contributed by atoms with Gasteiger partial charge in [-0.1, -0.05) is 11.3 Å². The zero-order valence-corrected chi connectivity index (χ0v) is 8.25. The highest BCUT2D eigenvalue weighted by Crippen LogP contribution is 2.03. The molecule has 0 bridgehead atoms. The van der Waals surface area contributed by atoms with Gasteiger partial charge in [0.2, 0.25) is 0 Å². The maximum Gasteiger partial charge on any atom is 0.304 e. The number of thiazole rings is 1. The van der Waals surface area contributed by atoms with Crippen LogP contribution in [0.4, 0.5) is 0 Å². The molecule has 0 radical (unpaired) electrons. The molecule has 5 nitrogen and oxygen atoms in total. The molecule has 0 aromatic carbocycles. The van der Waals surface area contributed by atoms with Crippen LogP contribution in [0, 0.1) is 0 Å². The second kappa shape index (κ2) is 3.77. The molecule has 2 aromatic rings. The van der Waals surface area contributed by atoms with Crippen molar-refractivity contribution < 1.29 is 0 Å². The number of hydrogen-bond acceptors (Lipinski definition) is 4. The van der Waals surface area contributed by atoms with Crippen LogP contribution in [-0.2, 0) is 13.1 Å². The van der Waals surface area contributed by atoms with Crippen LogP contribution in [0.5, 0.6) is 0 Å². The Labute approximate surface area is 84.2 Å². The lowest BCUT2D eigenvalue weighted by atomic mass is 10.4. The normalized spacial score (nSPS) is 10.6. The number of imidazole rings is 1. The first-order valence-electron chi connectivity index (χ1n) is 4.15. The molecular formula is C8H10N4OS. The molecule has 0 atom stereocenters. The first kappa shape index (κ1) is 9.17. The van der Waals surface area contributed by atoms with Crippen molar-refractivity contribution in [2.45, 2.75) is 13.1 Å². The Balaban J connectivity index is 2.22. The molecule has 0 amide bonds. The summed E-state index contributed by atoms with van der Waals surface area (Å²) in [4.78, 5) is 17.6. The summed E-state index contributed by atoms with van der Waals surface area (Å²) >= 11 is 1.16. The lowest BCUT2D eigenvalue weighted by molar-refractivity contribution is 0.726. The van der Waals surface area contributed by atoms with E-state index in [1.54, 1.807) is 12.5 Å². The number of rotatable bonds is 3. The molecule has 0 fully saturated rings. The largest absolute Gasteiger partial charge is 0.327 e. The highest BCUT2D eigenvalue weighted by molar-refractivity contribution is 7.07. The number of nitrogens with two attached hydrogens (primary N) is 1. The van der Waals surface area contributed by atoms with Crippen LogP contribution in [0.1, 0.15) is 11.4 Å². The fourth-order valence-electron chi connectivity index (χ4n) is 1.24. The molecule has 0 saturated carbocycles. The van der Waals surface area contributed by atoms with Gasteiger partial charge in [0.25, 0.3) is 0 Å². The number of aromatic nitrogens is 3. The predicted octanol–water partition coefficient (Wildman–Crippen LogP) is 0.140.